The van der Waals surface area contributed by atoms with Crippen LogP contribution in [0.25, 0.3) is 0 Å². The van der Waals surface area contributed by atoms with E-state index >= 15 is 0 Å². The quantitative estimate of drug-likeness (QED) is 0.279. The Hall–Kier alpha value is -1.28. The van der Waals surface area contributed by atoms with Gasteiger partial charge in [0.05, 0.1) is 0 Å². The fourth-order valence-corrected chi connectivity index (χ4v) is 1.54. The number of likely N-dealkylation sites (N-methyl/N-ethyl adjacent to an activating group) is 1. The molecule has 92 valence electrons. The van der Waals surface area contributed by atoms with Crippen molar-refractivity contribution in [1.29, 1.82) is 0 Å². The first-order valence-corrected chi connectivity index (χ1v) is 5.03. The molecule has 0 radical (unpaired) electrons. The number of amides is 2. The van der Waals surface area contributed by atoms with Crippen molar-refractivity contribution >= 4 is 30.4 Å². The summed E-state index contributed by atoms with van der Waals surface area (Å²) in [5.74, 6) is -2.48. The monoisotopic (exact) mass is 249 g/mol. The van der Waals surface area contributed by atoms with Crippen LogP contribution < -0.4 is 10.7 Å². The van der Waals surface area contributed by atoms with Gasteiger partial charge in [-0.25, -0.2) is 4.79 Å². The van der Waals surface area contributed by atoms with E-state index in [0.29, 0.717) is 0 Å². The summed E-state index contributed by atoms with van der Waals surface area (Å²) in [6.07, 6.45) is 0. The lowest BCUT2D eigenvalue weighted by Gasteiger charge is -2.36. The molecule has 0 aliphatic heterocycles. The smallest absolute Gasteiger partial charge is 0.347 e. The van der Waals surface area contributed by atoms with Crippen LogP contribution in [0.15, 0.2) is 0 Å². The minimum atomic E-state index is -1.76. The number of aliphatic carboxylic acids is 1. The predicted molar refractivity (Wildman–Crippen MR) is 59.6 cm³/mol. The molecule has 0 unspecified atom stereocenters. The summed E-state index contributed by atoms with van der Waals surface area (Å²) in [4.78, 5) is 33.0. The van der Waals surface area contributed by atoms with E-state index in [1.54, 1.807) is 0 Å². The lowest BCUT2D eigenvalue weighted by molar-refractivity contribution is -0.158. The Bertz CT molecular complexity index is 310. The third-order valence-corrected chi connectivity index (χ3v) is 2.32. The van der Waals surface area contributed by atoms with Crippen LogP contribution in [0.4, 0.5) is 0 Å². The van der Waals surface area contributed by atoms with Gasteiger partial charge in [-0.15, -0.1) is 0 Å². The molecule has 0 rings (SSSR count). The van der Waals surface area contributed by atoms with Gasteiger partial charge in [-0.1, -0.05) is 0 Å². The molecule has 8 heteroatoms. The van der Waals surface area contributed by atoms with E-state index in [-0.39, 0.29) is 5.75 Å². The third kappa shape index (κ3) is 3.38. The molecule has 0 aromatic rings. The highest BCUT2D eigenvalue weighted by atomic mass is 32.1. The van der Waals surface area contributed by atoms with Gasteiger partial charge < -0.3 is 10.4 Å². The van der Waals surface area contributed by atoms with Gasteiger partial charge in [-0.3, -0.25) is 15.0 Å². The highest BCUT2D eigenvalue weighted by Crippen LogP contribution is 2.11. The predicted octanol–water partition coefficient (Wildman–Crippen LogP) is -1.18. The fraction of sp³-hybridized carbons (Fsp3) is 0.625. The van der Waals surface area contributed by atoms with Crippen molar-refractivity contribution in [2.24, 2.45) is 0 Å². The van der Waals surface area contributed by atoms with E-state index in [4.69, 9.17) is 5.11 Å². The van der Waals surface area contributed by atoms with Crippen molar-refractivity contribution in [3.63, 3.8) is 0 Å². The molecule has 0 fully saturated rings. The van der Waals surface area contributed by atoms with Gasteiger partial charge in [-0.05, 0) is 0 Å². The zero-order valence-electron chi connectivity index (χ0n) is 9.27. The number of rotatable bonds is 5. The molecule has 0 aliphatic rings. The lowest BCUT2D eigenvalue weighted by atomic mass is 10.2. The molecular weight excluding hydrogens is 234 g/mol. The average Bonchev–Trinajstić information content (AvgIpc) is 2.11. The fourth-order valence-electron chi connectivity index (χ4n) is 1.12. The first-order valence-electron chi connectivity index (χ1n) is 4.40. The Morgan fingerprint density at radius 3 is 2.06 bits per heavy atom. The number of carbonyl (C=O) groups excluding carboxylic acids is 2. The number of nitrogens with zero attached hydrogens (tertiary/aromatic N) is 1. The molecule has 16 heavy (non-hydrogen) atoms. The van der Waals surface area contributed by atoms with Gasteiger partial charge in [0.15, 0.2) is 0 Å². The van der Waals surface area contributed by atoms with Crippen LogP contribution in [0.5, 0.6) is 0 Å². The zero-order valence-corrected chi connectivity index (χ0v) is 10.2. The largest absolute Gasteiger partial charge is 0.478 e. The molecule has 7 nitrogen and oxygen atoms in total. The Morgan fingerprint density at radius 1 is 1.31 bits per heavy atom. The van der Waals surface area contributed by atoms with E-state index in [1.165, 1.54) is 20.9 Å². The van der Waals surface area contributed by atoms with Gasteiger partial charge >= 0.3 is 5.97 Å². The number of carboxylic acid groups (broad SMARTS) is 1. The van der Waals surface area contributed by atoms with Gasteiger partial charge in [0.1, 0.15) is 0 Å². The van der Waals surface area contributed by atoms with Gasteiger partial charge in [0.2, 0.25) is 17.5 Å². The van der Waals surface area contributed by atoms with E-state index < -0.39 is 23.4 Å². The second-order valence-corrected chi connectivity index (χ2v) is 3.55. The number of thiol groups is 1. The van der Waals surface area contributed by atoms with E-state index in [2.05, 4.69) is 23.4 Å². The Kier molecular flexibility index (Phi) is 5.25. The summed E-state index contributed by atoms with van der Waals surface area (Å²) < 4.78 is 0. The van der Waals surface area contributed by atoms with Crippen molar-refractivity contribution in [2.45, 2.75) is 19.5 Å². The molecule has 0 bridgehead atoms. The second kappa shape index (κ2) is 5.71. The molecule has 0 aromatic heterocycles. The SMILES string of the molecule is CC(=O)NN(C)[C@](CS)(NC(C)=O)C(=O)O. The summed E-state index contributed by atoms with van der Waals surface area (Å²) in [5, 5.41) is 12.3. The van der Waals surface area contributed by atoms with Crippen molar-refractivity contribution in [2.75, 3.05) is 12.8 Å². The van der Waals surface area contributed by atoms with Crippen molar-refractivity contribution in [1.82, 2.24) is 15.8 Å². The number of nitrogens with one attached hydrogen (secondary N) is 2. The van der Waals surface area contributed by atoms with Gasteiger partial charge in [-0.2, -0.15) is 17.6 Å². The number of carboxylic acids is 1. The average molecular weight is 249 g/mol. The number of hydrazine groups is 1. The summed E-state index contributed by atoms with van der Waals surface area (Å²) in [7, 11) is 1.34. The molecule has 0 heterocycles. The maximum absolute atomic E-state index is 11.2. The van der Waals surface area contributed by atoms with E-state index in [9.17, 15) is 14.4 Å². The van der Waals surface area contributed by atoms with Gasteiger partial charge in [0.25, 0.3) is 0 Å². The highest BCUT2D eigenvalue weighted by Gasteiger charge is 2.43. The highest BCUT2D eigenvalue weighted by molar-refractivity contribution is 7.80. The molecule has 0 aliphatic carbocycles. The number of hydrogen-bond acceptors (Lipinski definition) is 5. The maximum Gasteiger partial charge on any atom is 0.347 e. The summed E-state index contributed by atoms with van der Waals surface area (Å²) >= 11 is 3.89. The summed E-state index contributed by atoms with van der Waals surface area (Å²) in [6, 6.07) is 0. The van der Waals surface area contributed by atoms with Crippen LogP contribution in [0.3, 0.4) is 0 Å². The molecule has 0 spiro atoms. The third-order valence-electron chi connectivity index (χ3n) is 1.86. The normalized spacial score (nSPS) is 14.1. The number of carbonyl (C=O) groups is 3. The topological polar surface area (TPSA) is 98.7 Å². The van der Waals surface area contributed by atoms with Crippen molar-refractivity contribution in [3.05, 3.63) is 0 Å². The molecule has 1 atom stereocenters. The zero-order chi connectivity index (χ0) is 12.9. The second-order valence-electron chi connectivity index (χ2n) is 3.23. The Morgan fingerprint density at radius 2 is 1.81 bits per heavy atom. The summed E-state index contributed by atoms with van der Waals surface area (Å²) in [5.41, 5.74) is 0.508. The van der Waals surface area contributed by atoms with E-state index in [0.717, 1.165) is 5.01 Å². The standard InChI is InChI=1S/C8H15N3O4S/c1-5(12)9-8(4-16,7(14)15)11(3)10-6(2)13/h16H,4H2,1-3H3,(H,9,12)(H,10,13)(H,14,15)/t8-/m0/s1. The Labute approximate surface area is 98.6 Å². The molecule has 3 N–H and O–H groups in total. The minimum Gasteiger partial charge on any atom is -0.478 e. The van der Waals surface area contributed by atoms with Gasteiger partial charge in [0, 0.05) is 26.6 Å². The molecule has 0 saturated heterocycles. The molecular formula is C8H15N3O4S. The van der Waals surface area contributed by atoms with Crippen LogP contribution in [0, 0.1) is 0 Å². The molecule has 0 aromatic carbocycles. The van der Waals surface area contributed by atoms with Crippen LogP contribution >= 0.6 is 12.6 Å². The van der Waals surface area contributed by atoms with Crippen LogP contribution in [-0.2, 0) is 14.4 Å². The van der Waals surface area contributed by atoms with Crippen LogP contribution in [-0.4, -0.2) is 46.4 Å². The van der Waals surface area contributed by atoms with Crippen LogP contribution in [0.1, 0.15) is 13.8 Å². The van der Waals surface area contributed by atoms with Crippen LogP contribution in [0.2, 0.25) is 0 Å². The first kappa shape index (κ1) is 14.7. The Balaban J connectivity index is 5.09. The minimum absolute atomic E-state index is 0.196. The van der Waals surface area contributed by atoms with E-state index in [1.807, 2.05) is 0 Å². The maximum atomic E-state index is 11.2. The lowest BCUT2D eigenvalue weighted by Crippen LogP contribution is -2.69. The molecule has 2 amide bonds. The molecule has 0 saturated carbocycles. The van der Waals surface area contributed by atoms with Crippen molar-refractivity contribution < 1.29 is 19.5 Å². The summed E-state index contributed by atoms with van der Waals surface area (Å²) in [6.45, 7) is 2.41. The first-order chi connectivity index (χ1) is 7.26. The number of hydrogen-bond donors (Lipinski definition) is 4. The van der Waals surface area contributed by atoms with Crippen molar-refractivity contribution in [3.8, 4) is 0 Å².